The maximum atomic E-state index is 11.7. The highest BCUT2D eigenvalue weighted by atomic mass is 16.6. The Kier molecular flexibility index (Phi) is 4.41. The first-order valence-electron chi connectivity index (χ1n) is 9.32. The van der Waals surface area contributed by atoms with Gasteiger partial charge in [-0.05, 0) is 60.6 Å². The average Bonchev–Trinajstić information content (AvgIpc) is 3.18. The summed E-state index contributed by atoms with van der Waals surface area (Å²) in [5.41, 5.74) is 5.30. The van der Waals surface area contributed by atoms with Crippen LogP contribution in [0.1, 0.15) is 51.0 Å². The summed E-state index contributed by atoms with van der Waals surface area (Å²) < 4.78 is 4.76. The number of hydrogen-bond donors (Lipinski definition) is 1. The Morgan fingerprint density at radius 2 is 1.96 bits per heavy atom. The quantitative estimate of drug-likeness (QED) is 0.358. The van der Waals surface area contributed by atoms with Gasteiger partial charge in [0.15, 0.2) is 0 Å². The smallest absolute Gasteiger partial charge is 0.337 e. The van der Waals surface area contributed by atoms with E-state index in [2.05, 4.69) is 17.5 Å². The zero-order valence-electron chi connectivity index (χ0n) is 16.1. The molecule has 0 bridgehead atoms. The highest BCUT2D eigenvalue weighted by Gasteiger charge is 2.41. The molecule has 6 heteroatoms. The Bertz CT molecular complexity index is 995. The number of aryl methyl sites for hydroxylation is 1. The molecule has 0 saturated heterocycles. The monoisotopic (exact) mass is 378 g/mol. The molecule has 1 heterocycles. The minimum Gasteiger partial charge on any atom is -0.465 e. The number of rotatable bonds is 3. The van der Waals surface area contributed by atoms with Gasteiger partial charge in [0.25, 0.3) is 5.69 Å². The van der Waals surface area contributed by atoms with Crippen molar-refractivity contribution in [3.8, 4) is 0 Å². The number of nitrogens with one attached hydrogen (secondary N) is 1. The number of carbonyl (C=O) groups is 1. The van der Waals surface area contributed by atoms with Crippen LogP contribution in [-0.2, 0) is 4.74 Å². The molecule has 0 saturated carbocycles. The lowest BCUT2D eigenvalue weighted by molar-refractivity contribution is -0.384. The van der Waals surface area contributed by atoms with E-state index < -0.39 is 0 Å². The van der Waals surface area contributed by atoms with Gasteiger partial charge in [-0.3, -0.25) is 10.1 Å². The standard InChI is InChI=1S/C22H22N2O4/c1-12-11-18(24(26)27)21-19(13(12)2)16-5-4-6-17(16)20(23-21)14-7-9-15(10-8-14)22(25)28-3/h4-5,7-11,16-17,20,23H,6H2,1-3H3/t16-,17-,20-/m0/s1. The van der Waals surface area contributed by atoms with Gasteiger partial charge in [-0.1, -0.05) is 24.3 Å². The third-order valence-electron chi connectivity index (χ3n) is 6.04. The normalized spacial score (nSPS) is 22.2. The Morgan fingerprint density at radius 3 is 2.61 bits per heavy atom. The summed E-state index contributed by atoms with van der Waals surface area (Å²) in [4.78, 5) is 23.1. The molecule has 1 aliphatic heterocycles. The zero-order chi connectivity index (χ0) is 20.0. The van der Waals surface area contributed by atoms with Crippen molar-refractivity contribution < 1.29 is 14.5 Å². The number of nitro groups is 1. The first-order chi connectivity index (χ1) is 13.4. The van der Waals surface area contributed by atoms with Crippen LogP contribution in [0.4, 0.5) is 11.4 Å². The first-order valence-corrected chi connectivity index (χ1v) is 9.32. The molecule has 1 aliphatic carbocycles. The Hall–Kier alpha value is -3.15. The van der Waals surface area contributed by atoms with Crippen LogP contribution >= 0.6 is 0 Å². The van der Waals surface area contributed by atoms with Crippen LogP contribution in [-0.4, -0.2) is 18.0 Å². The molecular weight excluding hydrogens is 356 g/mol. The van der Waals surface area contributed by atoms with Gasteiger partial charge in [0.05, 0.1) is 23.6 Å². The molecule has 3 atom stereocenters. The van der Waals surface area contributed by atoms with Crippen molar-refractivity contribution in [2.75, 3.05) is 12.4 Å². The summed E-state index contributed by atoms with van der Waals surface area (Å²) in [6, 6.07) is 8.86. The van der Waals surface area contributed by atoms with Crippen molar-refractivity contribution >= 4 is 17.3 Å². The lowest BCUT2D eigenvalue weighted by Gasteiger charge is -2.38. The molecule has 4 rings (SSSR count). The van der Waals surface area contributed by atoms with Crippen molar-refractivity contribution in [3.63, 3.8) is 0 Å². The van der Waals surface area contributed by atoms with Crippen LogP contribution in [0, 0.1) is 29.9 Å². The van der Waals surface area contributed by atoms with Crippen LogP contribution in [0.15, 0.2) is 42.5 Å². The molecule has 2 aromatic rings. The van der Waals surface area contributed by atoms with E-state index in [-0.39, 0.29) is 34.5 Å². The van der Waals surface area contributed by atoms with Gasteiger partial charge in [-0.15, -0.1) is 0 Å². The largest absolute Gasteiger partial charge is 0.465 e. The van der Waals surface area contributed by atoms with Crippen molar-refractivity contribution in [2.45, 2.75) is 32.2 Å². The third kappa shape index (κ3) is 2.76. The summed E-state index contributed by atoms with van der Waals surface area (Å²) in [6.45, 7) is 3.96. The van der Waals surface area contributed by atoms with Crippen LogP contribution < -0.4 is 5.32 Å². The van der Waals surface area contributed by atoms with Gasteiger partial charge in [0, 0.05) is 12.0 Å². The van der Waals surface area contributed by atoms with Gasteiger partial charge in [0.2, 0.25) is 0 Å². The molecule has 28 heavy (non-hydrogen) atoms. The van der Waals surface area contributed by atoms with Gasteiger partial charge >= 0.3 is 5.97 Å². The summed E-state index contributed by atoms with van der Waals surface area (Å²) >= 11 is 0. The molecule has 0 radical (unpaired) electrons. The van der Waals surface area contributed by atoms with E-state index in [0.29, 0.717) is 11.3 Å². The summed E-state index contributed by atoms with van der Waals surface area (Å²) in [6.07, 6.45) is 5.24. The lowest BCUT2D eigenvalue weighted by atomic mass is 9.74. The Balaban J connectivity index is 1.81. The average molecular weight is 378 g/mol. The molecule has 2 aromatic carbocycles. The number of ether oxygens (including phenoxy) is 1. The molecule has 0 spiro atoms. The van der Waals surface area contributed by atoms with Crippen molar-refractivity contribution in [3.05, 3.63) is 80.4 Å². The highest BCUT2D eigenvalue weighted by Crippen LogP contribution is 2.53. The van der Waals surface area contributed by atoms with Crippen molar-refractivity contribution in [1.82, 2.24) is 0 Å². The van der Waals surface area contributed by atoms with Gasteiger partial charge in [-0.25, -0.2) is 4.79 Å². The summed E-state index contributed by atoms with van der Waals surface area (Å²) in [7, 11) is 1.36. The number of hydrogen-bond acceptors (Lipinski definition) is 5. The Morgan fingerprint density at radius 1 is 1.25 bits per heavy atom. The van der Waals surface area contributed by atoms with E-state index in [1.165, 1.54) is 7.11 Å². The minimum atomic E-state index is -0.379. The number of esters is 1. The number of methoxy groups -OCH3 is 1. The highest BCUT2D eigenvalue weighted by molar-refractivity contribution is 5.89. The summed E-state index contributed by atoms with van der Waals surface area (Å²) in [5, 5.41) is 15.2. The zero-order valence-corrected chi connectivity index (χ0v) is 16.1. The molecule has 144 valence electrons. The van der Waals surface area contributed by atoms with E-state index in [9.17, 15) is 14.9 Å². The van der Waals surface area contributed by atoms with Crippen molar-refractivity contribution in [2.24, 2.45) is 5.92 Å². The lowest BCUT2D eigenvalue weighted by Crippen LogP contribution is -2.30. The fraction of sp³-hybridized carbons (Fsp3) is 0.318. The Labute approximate surface area is 163 Å². The molecule has 0 fully saturated rings. The number of anilines is 1. The second kappa shape index (κ2) is 6.78. The van der Waals surface area contributed by atoms with Gasteiger partial charge in [0.1, 0.15) is 5.69 Å². The maximum Gasteiger partial charge on any atom is 0.337 e. The fourth-order valence-corrected chi connectivity index (χ4v) is 4.50. The fourth-order valence-electron chi connectivity index (χ4n) is 4.50. The van der Waals surface area contributed by atoms with Crippen LogP contribution in [0.2, 0.25) is 0 Å². The topological polar surface area (TPSA) is 81.5 Å². The molecular formula is C22H22N2O4. The van der Waals surface area contributed by atoms with E-state index in [1.807, 2.05) is 26.0 Å². The minimum absolute atomic E-state index is 0.0694. The maximum absolute atomic E-state index is 11.7. The molecule has 6 nitrogen and oxygen atoms in total. The molecule has 1 N–H and O–H groups in total. The van der Waals surface area contributed by atoms with Gasteiger partial charge < -0.3 is 10.1 Å². The van der Waals surface area contributed by atoms with E-state index in [4.69, 9.17) is 4.74 Å². The predicted octanol–water partition coefficient (Wildman–Crippen LogP) is 4.82. The van der Waals surface area contributed by atoms with Gasteiger partial charge in [-0.2, -0.15) is 0 Å². The first kappa shape index (κ1) is 18.2. The number of nitrogens with zero attached hydrogens (tertiary/aromatic N) is 1. The van der Waals surface area contributed by atoms with E-state index in [0.717, 1.165) is 28.7 Å². The number of nitro benzene ring substituents is 1. The molecule has 2 aliphatic rings. The second-order valence-electron chi connectivity index (χ2n) is 7.47. The predicted molar refractivity (Wildman–Crippen MR) is 107 cm³/mol. The van der Waals surface area contributed by atoms with Crippen molar-refractivity contribution in [1.29, 1.82) is 0 Å². The van der Waals surface area contributed by atoms with Crippen LogP contribution in [0.5, 0.6) is 0 Å². The van der Waals surface area contributed by atoms with E-state index in [1.54, 1.807) is 18.2 Å². The number of fused-ring (bicyclic) bond motifs is 3. The number of benzene rings is 2. The number of carbonyl (C=O) groups excluding carboxylic acids is 1. The second-order valence-corrected chi connectivity index (χ2v) is 7.47. The number of allylic oxidation sites excluding steroid dienone is 2. The summed E-state index contributed by atoms with van der Waals surface area (Å²) in [5.74, 6) is 0.0346. The van der Waals surface area contributed by atoms with Crippen LogP contribution in [0.25, 0.3) is 0 Å². The molecule has 0 amide bonds. The SMILES string of the molecule is COC(=O)c1ccc([C@@H]2Nc3c([N+](=O)[O-])cc(C)c(C)c3[C@H]3C=CC[C@@H]32)cc1. The third-order valence-corrected chi connectivity index (χ3v) is 6.04. The molecule has 0 aromatic heterocycles. The van der Waals surface area contributed by atoms with Crippen LogP contribution in [0.3, 0.4) is 0 Å². The molecule has 0 unspecified atom stereocenters. The van der Waals surface area contributed by atoms with E-state index >= 15 is 0 Å².